The molecule has 0 bridgehead atoms. The van der Waals surface area contributed by atoms with Crippen LogP contribution in [-0.4, -0.2) is 55.5 Å². The van der Waals surface area contributed by atoms with Gasteiger partial charge in [-0.05, 0) is 161 Å². The maximum atomic E-state index is 13.1. The van der Waals surface area contributed by atoms with E-state index < -0.39 is 35.7 Å². The number of hydrogen-bond donors (Lipinski definition) is 4. The Balaban J connectivity index is 1.34. The number of nitrogens with one attached hydrogen (secondary N) is 1. The number of phenolic OH excluding ortho intramolecular Hbond substituents is 3. The van der Waals surface area contributed by atoms with Gasteiger partial charge in [-0.1, -0.05) is 123 Å². The molecule has 0 amide bonds. The minimum atomic E-state index is -5.57. The minimum absolute atomic E-state index is 0.142. The summed E-state index contributed by atoms with van der Waals surface area (Å²) in [6.45, 7) is 6.79. The van der Waals surface area contributed by atoms with Crippen LogP contribution < -0.4 is 4.74 Å². The van der Waals surface area contributed by atoms with Gasteiger partial charge in [-0.2, -0.15) is 22.0 Å². The third-order valence-corrected chi connectivity index (χ3v) is 14.4. The second-order valence-corrected chi connectivity index (χ2v) is 20.9. The van der Waals surface area contributed by atoms with Gasteiger partial charge < -0.3 is 25.5 Å². The quantitative estimate of drug-likeness (QED) is 0.0164. The summed E-state index contributed by atoms with van der Waals surface area (Å²) in [6, 6.07) is 29.9. The van der Waals surface area contributed by atoms with Crippen molar-refractivity contribution in [1.82, 2.24) is 0 Å². The highest BCUT2D eigenvalue weighted by atomic mass is 32.2. The summed E-state index contributed by atoms with van der Waals surface area (Å²) in [5.74, 6) is -3.18. The molecule has 3 unspecified atom stereocenters. The molecule has 0 saturated carbocycles. The van der Waals surface area contributed by atoms with Gasteiger partial charge in [-0.15, -0.1) is 0 Å². The van der Waals surface area contributed by atoms with E-state index in [1.165, 1.54) is 16.7 Å². The average Bonchev–Trinajstić information content (AvgIpc) is 3.32. The van der Waals surface area contributed by atoms with Gasteiger partial charge in [0.1, 0.15) is 29.6 Å². The summed E-state index contributed by atoms with van der Waals surface area (Å²) in [4.78, 5) is 0. The number of rotatable bonds is 33. The molecule has 0 saturated heterocycles. The van der Waals surface area contributed by atoms with Crippen molar-refractivity contribution in [3.63, 3.8) is 0 Å². The van der Waals surface area contributed by atoms with E-state index in [9.17, 15) is 46.9 Å². The van der Waals surface area contributed by atoms with Crippen LogP contribution in [0.1, 0.15) is 158 Å². The van der Waals surface area contributed by atoms with E-state index in [0.29, 0.717) is 37.3 Å². The number of halogens is 5. The van der Waals surface area contributed by atoms with Crippen molar-refractivity contribution in [3.05, 3.63) is 154 Å². The normalized spacial score (nSPS) is 13.7. The molecule has 0 radical (unpaired) electrons. The number of ether oxygens (including phenoxy) is 1. The Bertz CT molecular complexity index is 2290. The lowest BCUT2D eigenvalue weighted by Gasteiger charge is -2.20. The molecule has 0 aliphatic carbocycles. The molecule has 4 aromatic carbocycles. The molecular formula is C59H76F5NO5S. The van der Waals surface area contributed by atoms with Crippen LogP contribution in [0.5, 0.6) is 23.0 Å². The molecule has 6 nitrogen and oxygen atoms in total. The van der Waals surface area contributed by atoms with Crippen molar-refractivity contribution in [2.75, 3.05) is 18.1 Å². The van der Waals surface area contributed by atoms with Crippen molar-refractivity contribution in [2.45, 2.75) is 160 Å². The minimum Gasteiger partial charge on any atom is -0.508 e. The first-order valence-electron chi connectivity index (χ1n) is 25.3. The molecule has 0 aromatic heterocycles. The topological polar surface area (TPSA) is 111 Å². The average molecular weight is 1010 g/mol. The first kappa shape index (κ1) is 58.3. The maximum Gasteiger partial charge on any atom is 0.453 e. The Morgan fingerprint density at radius 2 is 1.13 bits per heavy atom. The van der Waals surface area contributed by atoms with Gasteiger partial charge in [0, 0.05) is 46.8 Å². The number of unbranched alkanes of at least 4 members (excludes halogenated alkanes) is 7. The standard InChI is InChI=1S/C59H76F5NO5S/c1-44(2)15-12-16-45(3)17-13-18-48(24-37-57(65)56(50-25-33-54(68)34-26-50)42-47-22-31-53(67)32-23-47)43-70-55-35-27-49(28-36-55)51(41-46-20-29-52(66)30-21-46)19-10-8-6-4-5-7-9-11-39-71(69)40-14-38-58(60,61)59(62,63)64/h15,17,20-36,51,56,65-68H,4-14,16,18-19,37-43H2,1-3H3/b45-17+,48-24-,65-57?. The van der Waals surface area contributed by atoms with Crippen LogP contribution in [0.25, 0.3) is 0 Å². The molecule has 4 rings (SSSR count). The van der Waals surface area contributed by atoms with E-state index in [1.54, 1.807) is 36.4 Å². The number of aromatic hydroxyl groups is 3. The predicted molar refractivity (Wildman–Crippen MR) is 281 cm³/mol. The van der Waals surface area contributed by atoms with Gasteiger partial charge in [0.2, 0.25) is 0 Å². The number of allylic oxidation sites excluding steroid dienone is 5. The molecule has 71 heavy (non-hydrogen) atoms. The summed E-state index contributed by atoms with van der Waals surface area (Å²) in [5, 5.41) is 39.1. The van der Waals surface area contributed by atoms with Gasteiger partial charge in [-0.25, -0.2) is 0 Å². The Hall–Kier alpha value is -5.23. The van der Waals surface area contributed by atoms with Crippen molar-refractivity contribution in [1.29, 1.82) is 5.41 Å². The summed E-state index contributed by atoms with van der Waals surface area (Å²) < 4.78 is 81.9. The fourth-order valence-electron chi connectivity index (χ4n) is 8.57. The molecular weight excluding hydrogens is 930 g/mol. The van der Waals surface area contributed by atoms with Gasteiger partial charge in [0.15, 0.2) is 0 Å². The Kier molecular flexibility index (Phi) is 25.1. The first-order valence-corrected chi connectivity index (χ1v) is 26.8. The molecule has 388 valence electrons. The molecule has 0 aliphatic heterocycles. The van der Waals surface area contributed by atoms with E-state index in [1.807, 2.05) is 48.5 Å². The highest BCUT2D eigenvalue weighted by Crippen LogP contribution is 2.39. The molecule has 4 N–H and O–H groups in total. The van der Waals surface area contributed by atoms with Crippen LogP contribution in [0.4, 0.5) is 22.0 Å². The summed E-state index contributed by atoms with van der Waals surface area (Å²) >= 11 is 0. The molecule has 3 atom stereocenters. The molecule has 0 spiro atoms. The van der Waals surface area contributed by atoms with Crippen LogP contribution in [0.2, 0.25) is 0 Å². The third-order valence-electron chi connectivity index (χ3n) is 12.9. The molecule has 0 fully saturated rings. The van der Waals surface area contributed by atoms with Crippen LogP contribution in [0.15, 0.2) is 132 Å². The largest absolute Gasteiger partial charge is 0.508 e. The number of phenols is 3. The van der Waals surface area contributed by atoms with Gasteiger partial charge in [-0.3, -0.25) is 4.21 Å². The number of alkyl halides is 5. The van der Waals surface area contributed by atoms with Crippen molar-refractivity contribution < 1.29 is 46.2 Å². The number of hydrogen-bond acceptors (Lipinski definition) is 6. The Morgan fingerprint density at radius 1 is 0.620 bits per heavy atom. The van der Waals surface area contributed by atoms with E-state index in [4.69, 9.17) is 4.74 Å². The predicted octanol–water partition coefficient (Wildman–Crippen LogP) is 16.6. The fourth-order valence-corrected chi connectivity index (χ4v) is 9.77. The van der Waals surface area contributed by atoms with E-state index >= 15 is 0 Å². The van der Waals surface area contributed by atoms with E-state index in [-0.39, 0.29) is 34.8 Å². The maximum absolute atomic E-state index is 13.1. The molecule has 0 heterocycles. The lowest BCUT2D eigenvalue weighted by molar-refractivity contribution is -0.284. The zero-order valence-electron chi connectivity index (χ0n) is 41.9. The molecule has 4 aromatic rings. The second-order valence-electron chi connectivity index (χ2n) is 19.2. The van der Waals surface area contributed by atoms with Crippen LogP contribution in [-0.2, 0) is 23.6 Å². The summed E-state index contributed by atoms with van der Waals surface area (Å²) in [6.07, 6.45) is 13.6. The monoisotopic (exact) mass is 1010 g/mol. The third kappa shape index (κ3) is 22.8. The highest BCUT2D eigenvalue weighted by molar-refractivity contribution is 7.84. The summed E-state index contributed by atoms with van der Waals surface area (Å²) in [5.41, 5.74) is 8.61. The van der Waals surface area contributed by atoms with Crippen LogP contribution in [0, 0.1) is 5.41 Å². The highest BCUT2D eigenvalue weighted by Gasteiger charge is 2.56. The van der Waals surface area contributed by atoms with Crippen LogP contribution >= 0.6 is 0 Å². The second kappa shape index (κ2) is 30.6. The zero-order valence-corrected chi connectivity index (χ0v) is 42.7. The SMILES string of the molecule is CC(C)=CCC/C(C)=C/CC/C(=C/CC(=N)C(Cc1ccc(O)cc1)c1ccc(O)cc1)COc1ccc(C(CCCCCCCCCCS(=O)CCCC(F)(F)C(F)(F)F)Cc2ccc(O)cc2)cc1. The fraction of sp³-hybridized carbons (Fsp3) is 0.475. The van der Waals surface area contributed by atoms with Crippen molar-refractivity contribution in [3.8, 4) is 23.0 Å². The number of benzene rings is 4. The van der Waals surface area contributed by atoms with Gasteiger partial charge in [0.05, 0.1) is 0 Å². The van der Waals surface area contributed by atoms with Gasteiger partial charge >= 0.3 is 12.1 Å². The van der Waals surface area contributed by atoms with Gasteiger partial charge in [0.25, 0.3) is 0 Å². The molecule has 12 heteroatoms. The zero-order chi connectivity index (χ0) is 51.7. The lowest BCUT2D eigenvalue weighted by atomic mass is 9.86. The Labute approximate surface area is 422 Å². The van der Waals surface area contributed by atoms with Crippen molar-refractivity contribution >= 4 is 16.5 Å². The lowest BCUT2D eigenvalue weighted by Crippen LogP contribution is -2.36. The van der Waals surface area contributed by atoms with Crippen LogP contribution in [0.3, 0.4) is 0 Å². The Morgan fingerprint density at radius 3 is 1.70 bits per heavy atom. The van der Waals surface area contributed by atoms with E-state index in [2.05, 4.69) is 51.1 Å². The van der Waals surface area contributed by atoms with Crippen molar-refractivity contribution in [2.24, 2.45) is 0 Å². The first-order chi connectivity index (χ1) is 33.9. The molecule has 0 aliphatic rings. The van der Waals surface area contributed by atoms with E-state index in [0.717, 1.165) is 111 Å². The summed E-state index contributed by atoms with van der Waals surface area (Å²) in [7, 11) is -1.40. The smallest absolute Gasteiger partial charge is 0.453 e.